The SMILES string of the molecule is COC(=O)c1cc(NC(=O)C2CC(=O)N(c3cccc(OC)c3)C2)c(F)cc1F. The molecule has 3 rings (SSSR count). The molecule has 2 aromatic rings. The average Bonchev–Trinajstić information content (AvgIpc) is 3.11. The first-order valence-electron chi connectivity index (χ1n) is 8.66. The summed E-state index contributed by atoms with van der Waals surface area (Å²) in [4.78, 5) is 37.9. The first kappa shape index (κ1) is 20.2. The Labute approximate surface area is 165 Å². The number of nitrogens with one attached hydrogen (secondary N) is 1. The molecule has 29 heavy (non-hydrogen) atoms. The Balaban J connectivity index is 1.77. The third-order valence-corrected chi connectivity index (χ3v) is 4.58. The molecule has 1 atom stereocenters. The quantitative estimate of drug-likeness (QED) is 0.775. The molecule has 2 aromatic carbocycles. The van der Waals surface area contributed by atoms with Gasteiger partial charge in [-0.25, -0.2) is 13.6 Å². The largest absolute Gasteiger partial charge is 0.497 e. The summed E-state index contributed by atoms with van der Waals surface area (Å²) in [7, 11) is 2.56. The van der Waals surface area contributed by atoms with Gasteiger partial charge in [-0.05, 0) is 18.2 Å². The van der Waals surface area contributed by atoms with Gasteiger partial charge in [0.25, 0.3) is 0 Å². The van der Waals surface area contributed by atoms with Crippen molar-refractivity contribution in [3.05, 3.63) is 53.6 Å². The number of methoxy groups -OCH3 is 2. The molecule has 7 nitrogen and oxygen atoms in total. The number of halogens is 2. The molecule has 152 valence electrons. The van der Waals surface area contributed by atoms with Crippen LogP contribution in [0.3, 0.4) is 0 Å². The number of esters is 1. The summed E-state index contributed by atoms with van der Waals surface area (Å²) in [6, 6.07) is 8.18. The van der Waals surface area contributed by atoms with Crippen LogP contribution in [0.2, 0.25) is 0 Å². The zero-order chi connectivity index (χ0) is 21.1. The van der Waals surface area contributed by atoms with Crippen LogP contribution in [0.25, 0.3) is 0 Å². The molecule has 0 bridgehead atoms. The van der Waals surface area contributed by atoms with Gasteiger partial charge < -0.3 is 19.7 Å². The van der Waals surface area contributed by atoms with Gasteiger partial charge in [0.2, 0.25) is 11.8 Å². The fraction of sp³-hybridized carbons (Fsp3) is 0.250. The number of ether oxygens (including phenoxy) is 2. The van der Waals surface area contributed by atoms with Crippen LogP contribution in [0.4, 0.5) is 20.2 Å². The van der Waals surface area contributed by atoms with Crippen molar-refractivity contribution in [2.24, 2.45) is 5.92 Å². The zero-order valence-corrected chi connectivity index (χ0v) is 15.7. The highest BCUT2D eigenvalue weighted by Gasteiger charge is 2.35. The third-order valence-electron chi connectivity index (χ3n) is 4.58. The molecular weight excluding hydrogens is 386 g/mol. The summed E-state index contributed by atoms with van der Waals surface area (Å²) in [6.45, 7) is 0.0878. The maximum Gasteiger partial charge on any atom is 0.340 e. The Hall–Kier alpha value is -3.49. The molecular formula is C20H18F2N2O5. The van der Waals surface area contributed by atoms with Gasteiger partial charge in [-0.2, -0.15) is 0 Å². The standard InChI is InChI=1S/C20H18F2N2O5/c1-28-13-5-3-4-12(7-13)24-10-11(6-18(24)25)19(26)23-17-8-14(20(27)29-2)15(21)9-16(17)22/h3-5,7-9,11H,6,10H2,1-2H3,(H,23,26). The lowest BCUT2D eigenvalue weighted by Gasteiger charge is -2.17. The van der Waals surface area contributed by atoms with Crippen molar-refractivity contribution in [2.45, 2.75) is 6.42 Å². The van der Waals surface area contributed by atoms with Crippen LogP contribution in [0, 0.1) is 17.6 Å². The van der Waals surface area contributed by atoms with Crippen molar-refractivity contribution < 1.29 is 32.6 Å². The van der Waals surface area contributed by atoms with Gasteiger partial charge in [-0.15, -0.1) is 0 Å². The second kappa shape index (κ2) is 8.26. The summed E-state index contributed by atoms with van der Waals surface area (Å²) in [5, 5.41) is 2.32. The molecule has 0 spiro atoms. The van der Waals surface area contributed by atoms with Gasteiger partial charge in [0, 0.05) is 30.8 Å². The summed E-state index contributed by atoms with van der Waals surface area (Å²) < 4.78 is 37.4. The van der Waals surface area contributed by atoms with Crippen LogP contribution in [0.1, 0.15) is 16.8 Å². The van der Waals surface area contributed by atoms with E-state index in [1.807, 2.05) is 0 Å². The van der Waals surface area contributed by atoms with E-state index in [1.54, 1.807) is 24.3 Å². The molecule has 1 aliphatic rings. The summed E-state index contributed by atoms with van der Waals surface area (Å²) in [5.41, 5.74) is -0.306. The fourth-order valence-electron chi connectivity index (χ4n) is 3.06. The van der Waals surface area contributed by atoms with Gasteiger partial charge >= 0.3 is 5.97 Å². The van der Waals surface area contributed by atoms with Gasteiger partial charge in [0.1, 0.15) is 17.4 Å². The lowest BCUT2D eigenvalue weighted by molar-refractivity contribution is -0.122. The molecule has 1 aliphatic heterocycles. The number of carbonyl (C=O) groups excluding carboxylic acids is 3. The van der Waals surface area contributed by atoms with E-state index >= 15 is 0 Å². The Morgan fingerprint density at radius 1 is 1.14 bits per heavy atom. The number of amides is 2. The van der Waals surface area contributed by atoms with Gasteiger partial charge in [-0.3, -0.25) is 9.59 Å². The molecule has 2 amide bonds. The average molecular weight is 404 g/mol. The second-order valence-electron chi connectivity index (χ2n) is 6.40. The van der Waals surface area contributed by atoms with Gasteiger partial charge in [0.15, 0.2) is 0 Å². The zero-order valence-electron chi connectivity index (χ0n) is 15.7. The Kier molecular flexibility index (Phi) is 5.76. The van der Waals surface area contributed by atoms with Crippen molar-refractivity contribution in [2.75, 3.05) is 31.0 Å². The molecule has 1 fully saturated rings. The van der Waals surface area contributed by atoms with Crippen LogP contribution in [0.15, 0.2) is 36.4 Å². The maximum atomic E-state index is 14.0. The van der Waals surface area contributed by atoms with E-state index in [-0.39, 0.29) is 24.6 Å². The molecule has 9 heteroatoms. The van der Waals surface area contributed by atoms with Gasteiger partial charge in [-0.1, -0.05) is 6.07 Å². The Morgan fingerprint density at radius 2 is 1.90 bits per heavy atom. The summed E-state index contributed by atoms with van der Waals surface area (Å²) >= 11 is 0. The van der Waals surface area contributed by atoms with Crippen LogP contribution in [-0.2, 0) is 14.3 Å². The highest BCUT2D eigenvalue weighted by molar-refractivity contribution is 6.04. The molecule has 0 aliphatic carbocycles. The molecule has 1 heterocycles. The minimum Gasteiger partial charge on any atom is -0.497 e. The van der Waals surface area contributed by atoms with E-state index < -0.39 is 35.0 Å². The summed E-state index contributed by atoms with van der Waals surface area (Å²) in [5.74, 6) is -4.23. The molecule has 0 saturated carbocycles. The van der Waals surface area contributed by atoms with Gasteiger partial charge in [0.05, 0.1) is 31.4 Å². The fourth-order valence-corrected chi connectivity index (χ4v) is 3.06. The summed E-state index contributed by atoms with van der Waals surface area (Å²) in [6.07, 6.45) is -0.0737. The van der Waals surface area contributed by atoms with Crippen LogP contribution < -0.4 is 15.0 Å². The molecule has 0 aromatic heterocycles. The lowest BCUT2D eigenvalue weighted by Crippen LogP contribution is -2.28. The number of rotatable bonds is 5. The first-order chi connectivity index (χ1) is 13.8. The smallest absolute Gasteiger partial charge is 0.340 e. The van der Waals surface area contributed by atoms with E-state index in [4.69, 9.17) is 4.74 Å². The van der Waals surface area contributed by atoms with Crippen molar-refractivity contribution in [1.82, 2.24) is 0 Å². The first-order valence-corrected chi connectivity index (χ1v) is 8.66. The van der Waals surface area contributed by atoms with Crippen molar-refractivity contribution in [3.8, 4) is 5.75 Å². The third kappa shape index (κ3) is 4.18. The van der Waals surface area contributed by atoms with Crippen LogP contribution in [0.5, 0.6) is 5.75 Å². The molecule has 1 unspecified atom stereocenters. The number of carbonyl (C=O) groups is 3. The van der Waals surface area contributed by atoms with E-state index in [1.165, 1.54) is 12.0 Å². The van der Waals surface area contributed by atoms with E-state index in [9.17, 15) is 23.2 Å². The number of hydrogen-bond donors (Lipinski definition) is 1. The molecule has 1 N–H and O–H groups in total. The van der Waals surface area contributed by atoms with E-state index in [0.29, 0.717) is 17.5 Å². The van der Waals surface area contributed by atoms with Crippen LogP contribution in [-0.4, -0.2) is 38.5 Å². The Bertz CT molecular complexity index is 979. The number of anilines is 2. The van der Waals surface area contributed by atoms with Crippen molar-refractivity contribution in [3.63, 3.8) is 0 Å². The second-order valence-corrected chi connectivity index (χ2v) is 6.40. The van der Waals surface area contributed by atoms with Crippen molar-refractivity contribution in [1.29, 1.82) is 0 Å². The van der Waals surface area contributed by atoms with Crippen LogP contribution >= 0.6 is 0 Å². The normalized spacial score (nSPS) is 15.9. The van der Waals surface area contributed by atoms with E-state index in [0.717, 1.165) is 13.2 Å². The highest BCUT2D eigenvalue weighted by atomic mass is 19.1. The predicted octanol–water partition coefficient (Wildman–Crippen LogP) is 2.75. The highest BCUT2D eigenvalue weighted by Crippen LogP contribution is 2.29. The monoisotopic (exact) mass is 404 g/mol. The number of hydrogen-bond acceptors (Lipinski definition) is 5. The molecule has 1 saturated heterocycles. The Morgan fingerprint density at radius 3 is 2.59 bits per heavy atom. The maximum absolute atomic E-state index is 14.0. The minimum atomic E-state index is -1.10. The van der Waals surface area contributed by atoms with Crippen molar-refractivity contribution >= 4 is 29.2 Å². The predicted molar refractivity (Wildman–Crippen MR) is 99.8 cm³/mol. The topological polar surface area (TPSA) is 84.9 Å². The number of nitrogens with zero attached hydrogens (tertiary/aromatic N) is 1. The molecule has 0 radical (unpaired) electrons. The number of benzene rings is 2. The van der Waals surface area contributed by atoms with E-state index in [2.05, 4.69) is 10.1 Å². The lowest BCUT2D eigenvalue weighted by atomic mass is 10.1. The minimum absolute atomic E-state index is 0.0737.